The highest BCUT2D eigenvalue weighted by atomic mass is 16.2. The molecule has 0 fully saturated rings. The Morgan fingerprint density at radius 2 is 1.62 bits per heavy atom. The molecule has 1 aliphatic rings. The van der Waals surface area contributed by atoms with Crippen LogP contribution in [0, 0.1) is 0 Å². The van der Waals surface area contributed by atoms with Crippen LogP contribution in [0.3, 0.4) is 0 Å². The quantitative estimate of drug-likeness (QED) is 0.644. The van der Waals surface area contributed by atoms with Crippen LogP contribution in [0.5, 0.6) is 0 Å². The van der Waals surface area contributed by atoms with Crippen molar-refractivity contribution in [2.45, 2.75) is 19.3 Å². The highest BCUT2D eigenvalue weighted by molar-refractivity contribution is 5.93. The lowest BCUT2D eigenvalue weighted by Crippen LogP contribution is -2.28. The first-order valence-corrected chi connectivity index (χ1v) is 6.92. The summed E-state index contributed by atoms with van der Waals surface area (Å²) in [6.45, 7) is 1.92. The molecular weight excluding hydrogens is 262 g/mol. The van der Waals surface area contributed by atoms with E-state index in [1.54, 1.807) is 0 Å². The summed E-state index contributed by atoms with van der Waals surface area (Å²) < 4.78 is 0. The van der Waals surface area contributed by atoms with Crippen molar-refractivity contribution in [1.29, 1.82) is 0 Å². The van der Waals surface area contributed by atoms with Crippen LogP contribution in [0.25, 0.3) is 0 Å². The average molecular weight is 279 g/mol. The smallest absolute Gasteiger partial charge is 0.332 e. The number of carbonyl (C=O) groups is 1. The van der Waals surface area contributed by atoms with Crippen LogP contribution in [-0.4, -0.2) is 11.7 Å². The van der Waals surface area contributed by atoms with Crippen molar-refractivity contribution >= 4 is 11.7 Å². The molecule has 0 aromatic heterocycles. The van der Waals surface area contributed by atoms with Crippen molar-refractivity contribution in [2.24, 2.45) is 10.8 Å². The van der Waals surface area contributed by atoms with Gasteiger partial charge in [-0.2, -0.15) is 5.10 Å². The van der Waals surface area contributed by atoms with Gasteiger partial charge in [0.15, 0.2) is 0 Å². The number of primary amides is 1. The fraction of sp³-hybridized carbons (Fsp3) is 0.176. The third-order valence-corrected chi connectivity index (χ3v) is 3.87. The first-order valence-electron chi connectivity index (χ1n) is 6.92. The van der Waals surface area contributed by atoms with E-state index in [9.17, 15) is 4.79 Å². The summed E-state index contributed by atoms with van der Waals surface area (Å²) in [5.41, 5.74) is 13.3. The van der Waals surface area contributed by atoms with Gasteiger partial charge in [-0.05, 0) is 35.6 Å². The largest absolute Gasteiger partial charge is 0.350 e. The number of hydrazone groups is 1. The highest BCUT2D eigenvalue weighted by Gasteiger charge is 2.27. The number of urea groups is 1. The normalized spacial score (nSPS) is 14.2. The number of rotatable bonds is 2. The molecule has 0 spiro atoms. The molecule has 21 heavy (non-hydrogen) atoms. The van der Waals surface area contributed by atoms with E-state index in [2.05, 4.69) is 46.9 Å². The number of nitrogens with two attached hydrogens (primary N) is 1. The van der Waals surface area contributed by atoms with E-state index < -0.39 is 6.03 Å². The Bertz CT molecular complexity index is 676. The first kappa shape index (κ1) is 13.4. The molecule has 0 heterocycles. The summed E-state index contributed by atoms with van der Waals surface area (Å²) in [6.07, 6.45) is 0.930. The molecule has 0 saturated carbocycles. The Morgan fingerprint density at radius 3 is 2.14 bits per heavy atom. The van der Waals surface area contributed by atoms with E-state index >= 15 is 0 Å². The van der Waals surface area contributed by atoms with Crippen molar-refractivity contribution < 1.29 is 4.79 Å². The fourth-order valence-corrected chi connectivity index (χ4v) is 2.98. The number of benzene rings is 2. The number of fused-ring (bicyclic) bond motifs is 2. The molecule has 106 valence electrons. The first-order chi connectivity index (χ1) is 10.2. The fourth-order valence-electron chi connectivity index (χ4n) is 2.98. The predicted molar refractivity (Wildman–Crippen MR) is 83.4 cm³/mol. The van der Waals surface area contributed by atoms with Crippen LogP contribution in [0.4, 0.5) is 4.79 Å². The van der Waals surface area contributed by atoms with Gasteiger partial charge in [-0.25, -0.2) is 10.2 Å². The van der Waals surface area contributed by atoms with Crippen LogP contribution < -0.4 is 11.2 Å². The van der Waals surface area contributed by atoms with Crippen molar-refractivity contribution in [2.75, 3.05) is 0 Å². The standard InChI is InChI=1S/C17H17N3O/c1-11(19-20-17(18)21)16-14-8-4-2-6-12(14)10-13-7-3-5-9-15(13)16/h2-9,16H,10H2,1H3,(H3,18,20,21). The van der Waals surface area contributed by atoms with E-state index in [0.29, 0.717) is 0 Å². The molecule has 1 aliphatic carbocycles. The van der Waals surface area contributed by atoms with Crippen molar-refractivity contribution in [3.8, 4) is 0 Å². The summed E-state index contributed by atoms with van der Waals surface area (Å²) in [5.74, 6) is 0.0537. The lowest BCUT2D eigenvalue weighted by atomic mass is 9.76. The van der Waals surface area contributed by atoms with Gasteiger partial charge in [-0.15, -0.1) is 0 Å². The summed E-state index contributed by atoms with van der Waals surface area (Å²) in [6, 6.07) is 16.1. The highest BCUT2D eigenvalue weighted by Crippen LogP contribution is 2.37. The van der Waals surface area contributed by atoms with Gasteiger partial charge in [0.1, 0.15) is 0 Å². The van der Waals surface area contributed by atoms with Crippen LogP contribution in [0.2, 0.25) is 0 Å². The number of nitrogens with zero attached hydrogens (tertiary/aromatic N) is 1. The monoisotopic (exact) mass is 279 g/mol. The van der Waals surface area contributed by atoms with Gasteiger partial charge in [0.05, 0.1) is 0 Å². The maximum atomic E-state index is 10.9. The molecule has 0 atom stereocenters. The van der Waals surface area contributed by atoms with Gasteiger partial charge < -0.3 is 5.73 Å². The number of hydrogen-bond donors (Lipinski definition) is 2. The summed E-state index contributed by atoms with van der Waals surface area (Å²) >= 11 is 0. The van der Waals surface area contributed by atoms with Crippen molar-refractivity contribution in [3.05, 3.63) is 70.8 Å². The molecule has 0 saturated heterocycles. The molecule has 0 unspecified atom stereocenters. The van der Waals surface area contributed by atoms with Crippen molar-refractivity contribution in [3.63, 3.8) is 0 Å². The van der Waals surface area contributed by atoms with Crippen LogP contribution in [0.15, 0.2) is 53.6 Å². The van der Waals surface area contributed by atoms with Gasteiger partial charge >= 0.3 is 6.03 Å². The van der Waals surface area contributed by atoms with E-state index in [0.717, 1.165) is 12.1 Å². The zero-order valence-corrected chi connectivity index (χ0v) is 11.8. The molecule has 0 bridgehead atoms. The Morgan fingerprint density at radius 1 is 1.10 bits per heavy atom. The average Bonchev–Trinajstić information content (AvgIpc) is 2.50. The number of hydrogen-bond acceptors (Lipinski definition) is 2. The molecule has 4 nitrogen and oxygen atoms in total. The topological polar surface area (TPSA) is 67.5 Å². The molecule has 3 rings (SSSR count). The summed E-state index contributed by atoms with van der Waals surface area (Å²) in [5, 5.41) is 4.14. The van der Waals surface area contributed by atoms with Crippen LogP contribution >= 0.6 is 0 Å². The van der Waals surface area contributed by atoms with E-state index in [1.807, 2.05) is 19.1 Å². The van der Waals surface area contributed by atoms with E-state index in [1.165, 1.54) is 22.3 Å². The van der Waals surface area contributed by atoms with Crippen LogP contribution in [0.1, 0.15) is 35.1 Å². The molecule has 2 aromatic rings. The lowest BCUT2D eigenvalue weighted by Gasteiger charge is -2.28. The number of amides is 2. The minimum atomic E-state index is -0.647. The summed E-state index contributed by atoms with van der Waals surface area (Å²) in [4.78, 5) is 10.9. The van der Waals surface area contributed by atoms with E-state index in [-0.39, 0.29) is 5.92 Å². The number of nitrogens with one attached hydrogen (secondary N) is 1. The molecule has 4 heteroatoms. The molecule has 0 radical (unpaired) electrons. The maximum absolute atomic E-state index is 10.9. The van der Waals surface area contributed by atoms with Crippen LogP contribution in [-0.2, 0) is 6.42 Å². The predicted octanol–water partition coefficient (Wildman–Crippen LogP) is 2.77. The van der Waals surface area contributed by atoms with Gasteiger partial charge in [-0.1, -0.05) is 48.5 Å². The minimum Gasteiger partial charge on any atom is -0.350 e. The third kappa shape index (κ3) is 2.52. The second-order valence-electron chi connectivity index (χ2n) is 5.24. The molecule has 3 N–H and O–H groups in total. The Kier molecular flexibility index (Phi) is 3.44. The second kappa shape index (κ2) is 5.40. The molecule has 2 amide bonds. The second-order valence-corrected chi connectivity index (χ2v) is 5.24. The van der Waals surface area contributed by atoms with Gasteiger partial charge in [0.2, 0.25) is 0 Å². The molecular formula is C17H17N3O. The Labute approximate surface area is 123 Å². The van der Waals surface area contributed by atoms with E-state index in [4.69, 9.17) is 5.73 Å². The maximum Gasteiger partial charge on any atom is 0.332 e. The zero-order chi connectivity index (χ0) is 14.8. The summed E-state index contributed by atoms with van der Waals surface area (Å²) in [7, 11) is 0. The van der Waals surface area contributed by atoms with Crippen molar-refractivity contribution in [1.82, 2.24) is 5.43 Å². The van der Waals surface area contributed by atoms with Gasteiger partial charge in [-0.3, -0.25) is 0 Å². The van der Waals surface area contributed by atoms with Gasteiger partial charge in [0, 0.05) is 11.6 Å². The zero-order valence-electron chi connectivity index (χ0n) is 11.8. The number of carbonyl (C=O) groups excluding carboxylic acids is 1. The Balaban J connectivity index is 2.10. The van der Waals surface area contributed by atoms with Gasteiger partial charge in [0.25, 0.3) is 0 Å². The minimum absolute atomic E-state index is 0.0537. The molecule has 2 aromatic carbocycles. The SMILES string of the molecule is CC(=NNC(N)=O)C1c2ccccc2Cc2ccccc21. The lowest BCUT2D eigenvalue weighted by molar-refractivity contribution is 0.249. The molecule has 0 aliphatic heterocycles. The third-order valence-electron chi connectivity index (χ3n) is 3.87. The Hall–Kier alpha value is -2.62.